The van der Waals surface area contributed by atoms with E-state index < -0.39 is 15.9 Å². The first-order valence-electron chi connectivity index (χ1n) is 5.83. The monoisotopic (exact) mass is 310 g/mol. The summed E-state index contributed by atoms with van der Waals surface area (Å²) in [6.45, 7) is 0. The maximum Gasteiger partial charge on any atom is 0.260 e. The van der Waals surface area contributed by atoms with Gasteiger partial charge >= 0.3 is 0 Å². The van der Waals surface area contributed by atoms with Crippen LogP contribution in [-0.2, 0) is 17.1 Å². The van der Waals surface area contributed by atoms with E-state index in [4.69, 9.17) is 9.88 Å². The lowest BCUT2D eigenvalue weighted by atomic mass is 10.2. The minimum absolute atomic E-state index is 0.0506. The van der Waals surface area contributed by atoms with Crippen molar-refractivity contribution in [2.45, 2.75) is 4.90 Å². The average molecular weight is 310 g/mol. The van der Waals surface area contributed by atoms with Gasteiger partial charge in [-0.1, -0.05) is 0 Å². The third-order valence-electron chi connectivity index (χ3n) is 2.70. The third kappa shape index (κ3) is 3.38. The number of nitrogens with two attached hydrogens (primary N) is 1. The highest BCUT2D eigenvalue weighted by molar-refractivity contribution is 7.89. The summed E-state index contributed by atoms with van der Waals surface area (Å²) in [6, 6.07) is 5.40. The number of methoxy groups -OCH3 is 1. The molecule has 3 N–H and O–H groups in total. The molecule has 9 heteroatoms. The highest BCUT2D eigenvalue weighted by Gasteiger charge is 2.18. The normalized spacial score (nSPS) is 11.2. The van der Waals surface area contributed by atoms with E-state index in [1.165, 1.54) is 23.9 Å². The minimum atomic E-state index is -3.91. The second-order valence-electron chi connectivity index (χ2n) is 4.24. The van der Waals surface area contributed by atoms with Crippen molar-refractivity contribution < 1.29 is 17.9 Å². The average Bonchev–Trinajstić information content (AvgIpc) is 2.82. The Hall–Kier alpha value is -2.39. The SMILES string of the molecule is COc1ccc(S(N)(=O)=O)cc1C(=O)Nc1ccn(C)n1. The predicted octanol–water partition coefficient (Wildman–Crippen LogP) is 0.328. The Morgan fingerprint density at radius 1 is 1.38 bits per heavy atom. The van der Waals surface area contributed by atoms with Crippen LogP contribution in [0, 0.1) is 0 Å². The van der Waals surface area contributed by atoms with Crippen molar-refractivity contribution in [1.82, 2.24) is 9.78 Å². The van der Waals surface area contributed by atoms with E-state index in [-0.39, 0.29) is 16.2 Å². The highest BCUT2D eigenvalue weighted by atomic mass is 32.2. The van der Waals surface area contributed by atoms with Gasteiger partial charge < -0.3 is 10.1 Å². The number of hydrogen-bond donors (Lipinski definition) is 2. The van der Waals surface area contributed by atoms with Crippen LogP contribution >= 0.6 is 0 Å². The van der Waals surface area contributed by atoms with Crippen LogP contribution in [-0.4, -0.2) is 31.2 Å². The molecule has 0 unspecified atom stereocenters. The number of benzene rings is 1. The fourth-order valence-corrected chi connectivity index (χ4v) is 2.25. The molecule has 0 fully saturated rings. The lowest BCUT2D eigenvalue weighted by Crippen LogP contribution is -2.17. The molecule has 112 valence electrons. The van der Waals surface area contributed by atoms with Crippen LogP contribution in [0.15, 0.2) is 35.4 Å². The number of nitrogens with one attached hydrogen (secondary N) is 1. The molecule has 0 aliphatic rings. The van der Waals surface area contributed by atoms with Gasteiger partial charge in [-0.3, -0.25) is 9.48 Å². The number of rotatable bonds is 4. The molecule has 0 spiro atoms. The van der Waals surface area contributed by atoms with Gasteiger partial charge in [-0.2, -0.15) is 5.10 Å². The van der Waals surface area contributed by atoms with Crippen LogP contribution in [0.25, 0.3) is 0 Å². The molecule has 0 atom stereocenters. The molecule has 0 aliphatic carbocycles. The maximum absolute atomic E-state index is 12.2. The highest BCUT2D eigenvalue weighted by Crippen LogP contribution is 2.22. The van der Waals surface area contributed by atoms with Crippen molar-refractivity contribution in [2.75, 3.05) is 12.4 Å². The smallest absolute Gasteiger partial charge is 0.260 e. The molecule has 0 bridgehead atoms. The molecule has 0 saturated carbocycles. The zero-order chi connectivity index (χ0) is 15.6. The number of aromatic nitrogens is 2. The molecule has 8 nitrogen and oxygen atoms in total. The van der Waals surface area contributed by atoms with E-state index >= 15 is 0 Å². The zero-order valence-corrected chi connectivity index (χ0v) is 12.2. The topological polar surface area (TPSA) is 116 Å². The fourth-order valence-electron chi connectivity index (χ4n) is 1.71. The van der Waals surface area contributed by atoms with E-state index in [0.717, 1.165) is 6.07 Å². The van der Waals surface area contributed by atoms with Gasteiger partial charge in [0.15, 0.2) is 5.82 Å². The van der Waals surface area contributed by atoms with Crippen LogP contribution in [0.5, 0.6) is 5.75 Å². The molecule has 1 aromatic heterocycles. The Balaban J connectivity index is 2.38. The lowest BCUT2D eigenvalue weighted by molar-refractivity contribution is 0.102. The van der Waals surface area contributed by atoms with Gasteiger partial charge in [0.05, 0.1) is 17.6 Å². The van der Waals surface area contributed by atoms with Crippen molar-refractivity contribution in [2.24, 2.45) is 12.2 Å². The van der Waals surface area contributed by atoms with Crippen LogP contribution in [0.4, 0.5) is 5.82 Å². The second-order valence-corrected chi connectivity index (χ2v) is 5.80. The summed E-state index contributed by atoms with van der Waals surface area (Å²) < 4.78 is 29.3. The van der Waals surface area contributed by atoms with Gasteiger partial charge in [0.1, 0.15) is 5.75 Å². The predicted molar refractivity (Wildman–Crippen MR) is 75.5 cm³/mol. The number of anilines is 1. The van der Waals surface area contributed by atoms with E-state index in [1.807, 2.05) is 0 Å². The first kappa shape index (κ1) is 15.0. The maximum atomic E-state index is 12.2. The molecule has 21 heavy (non-hydrogen) atoms. The molecule has 1 aromatic carbocycles. The molecule has 1 amide bonds. The quantitative estimate of drug-likeness (QED) is 0.844. The summed E-state index contributed by atoms with van der Waals surface area (Å²) >= 11 is 0. The first-order valence-corrected chi connectivity index (χ1v) is 7.38. The Bertz CT molecular complexity index is 782. The van der Waals surface area contributed by atoms with Crippen molar-refractivity contribution in [3.63, 3.8) is 0 Å². The Kier molecular flexibility index (Phi) is 3.96. The number of nitrogens with zero attached hydrogens (tertiary/aromatic N) is 2. The van der Waals surface area contributed by atoms with Crippen molar-refractivity contribution >= 4 is 21.7 Å². The number of sulfonamides is 1. The molecule has 2 rings (SSSR count). The van der Waals surface area contributed by atoms with Crippen LogP contribution < -0.4 is 15.2 Å². The summed E-state index contributed by atoms with van der Waals surface area (Å²) in [6.07, 6.45) is 1.66. The summed E-state index contributed by atoms with van der Waals surface area (Å²) in [5, 5.41) is 11.6. The molecule has 0 aliphatic heterocycles. The van der Waals surface area contributed by atoms with Gasteiger partial charge in [0, 0.05) is 19.3 Å². The van der Waals surface area contributed by atoms with Crippen LogP contribution in [0.3, 0.4) is 0 Å². The van der Waals surface area contributed by atoms with Gasteiger partial charge in [0.2, 0.25) is 10.0 Å². The van der Waals surface area contributed by atoms with Gasteiger partial charge in [0.25, 0.3) is 5.91 Å². The van der Waals surface area contributed by atoms with E-state index in [0.29, 0.717) is 5.82 Å². The van der Waals surface area contributed by atoms with Gasteiger partial charge in [-0.25, -0.2) is 13.6 Å². The third-order valence-corrected chi connectivity index (χ3v) is 3.61. The van der Waals surface area contributed by atoms with E-state index in [1.54, 1.807) is 19.3 Å². The molecular weight excluding hydrogens is 296 g/mol. The summed E-state index contributed by atoms with van der Waals surface area (Å²) in [5.74, 6) is 0.0254. The van der Waals surface area contributed by atoms with E-state index in [2.05, 4.69) is 10.4 Å². The van der Waals surface area contributed by atoms with Gasteiger partial charge in [-0.05, 0) is 18.2 Å². The minimum Gasteiger partial charge on any atom is -0.496 e. The molecule has 0 radical (unpaired) electrons. The fraction of sp³-hybridized carbons (Fsp3) is 0.167. The Labute approximate surface area is 121 Å². The number of ether oxygens (including phenoxy) is 1. The first-order chi connectivity index (χ1) is 9.81. The molecule has 0 saturated heterocycles. The van der Waals surface area contributed by atoms with Crippen molar-refractivity contribution in [3.8, 4) is 5.75 Å². The van der Waals surface area contributed by atoms with Crippen LogP contribution in [0.2, 0.25) is 0 Å². The van der Waals surface area contributed by atoms with Crippen LogP contribution in [0.1, 0.15) is 10.4 Å². The molecular formula is C12H14N4O4S. The standard InChI is InChI=1S/C12H14N4O4S/c1-16-6-5-11(15-16)14-12(17)9-7-8(21(13,18)19)3-4-10(9)20-2/h3-7H,1-2H3,(H2,13,18,19)(H,14,15,17). The number of primary sulfonamides is 1. The van der Waals surface area contributed by atoms with Crippen molar-refractivity contribution in [3.05, 3.63) is 36.0 Å². The zero-order valence-electron chi connectivity index (χ0n) is 11.4. The van der Waals surface area contributed by atoms with Gasteiger partial charge in [-0.15, -0.1) is 0 Å². The summed E-state index contributed by atoms with van der Waals surface area (Å²) in [7, 11) is -0.823. The molecule has 1 heterocycles. The second kappa shape index (κ2) is 5.54. The van der Waals surface area contributed by atoms with Crippen molar-refractivity contribution in [1.29, 1.82) is 0 Å². The number of aryl methyl sites for hydroxylation is 1. The Morgan fingerprint density at radius 2 is 2.10 bits per heavy atom. The summed E-state index contributed by atoms with van der Waals surface area (Å²) in [4.78, 5) is 12.0. The lowest BCUT2D eigenvalue weighted by Gasteiger charge is -2.09. The summed E-state index contributed by atoms with van der Waals surface area (Å²) in [5.41, 5.74) is 0.0506. The molecule has 2 aromatic rings. The Morgan fingerprint density at radius 3 is 2.62 bits per heavy atom. The largest absolute Gasteiger partial charge is 0.496 e. The number of carbonyl (C=O) groups excluding carboxylic acids is 1. The van der Waals surface area contributed by atoms with E-state index in [9.17, 15) is 13.2 Å². The number of amides is 1. The number of hydrogen-bond acceptors (Lipinski definition) is 5. The number of carbonyl (C=O) groups is 1.